The van der Waals surface area contributed by atoms with Crippen LogP contribution in [0.2, 0.25) is 0 Å². The number of carboxylic acid groups (broad SMARTS) is 1. The first-order valence-electron chi connectivity index (χ1n) is 10.1. The summed E-state index contributed by atoms with van der Waals surface area (Å²) in [7, 11) is 0. The fraction of sp³-hybridized carbons (Fsp3) is 0.250. The molecule has 0 spiro atoms. The number of benzene rings is 2. The number of hydrogen-bond acceptors (Lipinski definition) is 5. The molecule has 0 atom stereocenters. The van der Waals surface area contributed by atoms with Gasteiger partial charge in [0.25, 0.3) is 0 Å². The van der Waals surface area contributed by atoms with Crippen LogP contribution < -0.4 is 4.74 Å². The molecule has 0 saturated heterocycles. The normalized spacial score (nSPS) is 11.9. The Bertz CT molecular complexity index is 1290. The Balaban J connectivity index is 1.62. The van der Waals surface area contributed by atoms with Gasteiger partial charge in [0, 0.05) is 15.6 Å². The van der Waals surface area contributed by atoms with Gasteiger partial charge < -0.3 is 9.84 Å². The standard InChI is InChI=1S/C24H20F3NO3S2/c1-13(2)22-19(33-23(28-22)14-6-8-16(9-7-14)24(25,26)27)11-31-17-4-3-5-18-21(17)15(12-32-18)10-20(29)30/h3-9,12-13H,10-11H2,1-2H3,(H,29,30). The predicted octanol–water partition coefficient (Wildman–Crippen LogP) is 7.37. The summed E-state index contributed by atoms with van der Waals surface area (Å²) in [6.07, 6.45) is -4.47. The molecule has 0 bridgehead atoms. The molecule has 33 heavy (non-hydrogen) atoms. The van der Waals surface area contributed by atoms with Gasteiger partial charge in [0.05, 0.1) is 22.6 Å². The third-order valence-corrected chi connectivity index (χ3v) is 7.16. The molecule has 2 aromatic carbocycles. The van der Waals surface area contributed by atoms with Crippen LogP contribution in [-0.4, -0.2) is 16.1 Å². The van der Waals surface area contributed by atoms with E-state index in [1.54, 1.807) is 0 Å². The SMILES string of the molecule is CC(C)c1nc(-c2ccc(C(F)(F)F)cc2)sc1COc1cccc2scc(CC(=O)O)c12. The average molecular weight is 492 g/mol. The smallest absolute Gasteiger partial charge is 0.416 e. The molecular formula is C24H20F3NO3S2. The number of ether oxygens (including phenoxy) is 1. The fourth-order valence-corrected chi connectivity index (χ4v) is 5.63. The van der Waals surface area contributed by atoms with Crippen LogP contribution in [0, 0.1) is 0 Å². The highest BCUT2D eigenvalue weighted by Crippen LogP contribution is 2.37. The molecule has 0 aliphatic heterocycles. The molecule has 0 fully saturated rings. The van der Waals surface area contributed by atoms with Crippen molar-refractivity contribution in [1.29, 1.82) is 0 Å². The van der Waals surface area contributed by atoms with Crippen LogP contribution in [0.5, 0.6) is 5.75 Å². The summed E-state index contributed by atoms with van der Waals surface area (Å²) in [6, 6.07) is 10.6. The first-order chi connectivity index (χ1) is 15.6. The molecule has 0 saturated carbocycles. The molecule has 4 rings (SSSR count). The Morgan fingerprint density at radius 1 is 1.15 bits per heavy atom. The third-order valence-electron chi connectivity index (χ3n) is 5.07. The van der Waals surface area contributed by atoms with Crippen molar-refractivity contribution in [1.82, 2.24) is 4.98 Å². The minimum atomic E-state index is -4.38. The molecule has 0 radical (unpaired) electrons. The molecule has 1 N–H and O–H groups in total. The number of alkyl halides is 3. The Hall–Kier alpha value is -2.91. The van der Waals surface area contributed by atoms with E-state index in [2.05, 4.69) is 4.98 Å². The summed E-state index contributed by atoms with van der Waals surface area (Å²) in [5.41, 5.74) is 1.45. The van der Waals surface area contributed by atoms with Crippen molar-refractivity contribution in [2.75, 3.05) is 0 Å². The number of thiophene rings is 1. The van der Waals surface area contributed by atoms with Crippen LogP contribution >= 0.6 is 22.7 Å². The number of carboxylic acids is 1. The lowest BCUT2D eigenvalue weighted by Gasteiger charge is -2.10. The number of halogens is 3. The zero-order valence-corrected chi connectivity index (χ0v) is 19.4. The lowest BCUT2D eigenvalue weighted by Crippen LogP contribution is -2.03. The van der Waals surface area contributed by atoms with E-state index in [1.807, 2.05) is 37.4 Å². The second kappa shape index (κ2) is 9.15. The Kier molecular flexibility index (Phi) is 6.45. The zero-order chi connectivity index (χ0) is 23.8. The minimum Gasteiger partial charge on any atom is -0.487 e. The van der Waals surface area contributed by atoms with E-state index >= 15 is 0 Å². The first-order valence-corrected chi connectivity index (χ1v) is 11.8. The summed E-state index contributed by atoms with van der Waals surface area (Å²) in [4.78, 5) is 16.8. The van der Waals surface area contributed by atoms with Crippen molar-refractivity contribution in [3.05, 3.63) is 69.5 Å². The van der Waals surface area contributed by atoms with Crippen molar-refractivity contribution in [2.45, 2.75) is 39.0 Å². The van der Waals surface area contributed by atoms with Crippen LogP contribution in [0.4, 0.5) is 13.2 Å². The molecule has 4 nitrogen and oxygen atoms in total. The molecule has 172 valence electrons. The van der Waals surface area contributed by atoms with Crippen molar-refractivity contribution in [3.8, 4) is 16.3 Å². The molecule has 2 heterocycles. The van der Waals surface area contributed by atoms with E-state index in [4.69, 9.17) is 4.74 Å². The maximum absolute atomic E-state index is 12.9. The molecule has 0 aliphatic rings. The van der Waals surface area contributed by atoms with Crippen LogP contribution in [0.25, 0.3) is 20.7 Å². The van der Waals surface area contributed by atoms with Gasteiger partial charge in [-0.25, -0.2) is 4.98 Å². The van der Waals surface area contributed by atoms with Crippen molar-refractivity contribution in [2.24, 2.45) is 0 Å². The van der Waals surface area contributed by atoms with E-state index in [0.717, 1.165) is 32.8 Å². The molecule has 4 aromatic rings. The second-order valence-corrected chi connectivity index (χ2v) is 9.80. The van der Waals surface area contributed by atoms with Crippen LogP contribution in [0.15, 0.2) is 47.8 Å². The van der Waals surface area contributed by atoms with E-state index in [-0.39, 0.29) is 18.9 Å². The maximum Gasteiger partial charge on any atom is 0.416 e. The molecule has 0 unspecified atom stereocenters. The van der Waals surface area contributed by atoms with Crippen LogP contribution in [0.3, 0.4) is 0 Å². The fourth-order valence-electron chi connectivity index (χ4n) is 3.52. The molecular weight excluding hydrogens is 471 g/mol. The van der Waals surface area contributed by atoms with Gasteiger partial charge in [-0.1, -0.05) is 32.0 Å². The van der Waals surface area contributed by atoms with Gasteiger partial charge in [-0.15, -0.1) is 22.7 Å². The summed E-state index contributed by atoms with van der Waals surface area (Å²) in [5.74, 6) is -0.206. The molecule has 0 amide bonds. The second-order valence-electron chi connectivity index (χ2n) is 7.81. The monoisotopic (exact) mass is 491 g/mol. The van der Waals surface area contributed by atoms with E-state index in [9.17, 15) is 23.1 Å². The number of nitrogens with zero attached hydrogens (tertiary/aromatic N) is 1. The molecule has 2 aromatic heterocycles. The van der Waals surface area contributed by atoms with Gasteiger partial charge in [-0.2, -0.15) is 13.2 Å². The lowest BCUT2D eigenvalue weighted by atomic mass is 10.1. The minimum absolute atomic E-state index is 0.0871. The third kappa shape index (κ3) is 5.04. The number of aliphatic carboxylic acids is 1. The van der Waals surface area contributed by atoms with Gasteiger partial charge in [0.15, 0.2) is 0 Å². The Morgan fingerprint density at radius 3 is 2.52 bits per heavy atom. The summed E-state index contributed by atoms with van der Waals surface area (Å²) in [6.45, 7) is 4.23. The number of carbonyl (C=O) groups is 1. The first kappa shape index (κ1) is 23.3. The molecule has 9 heteroatoms. The zero-order valence-electron chi connectivity index (χ0n) is 17.8. The quantitative estimate of drug-likeness (QED) is 0.293. The summed E-state index contributed by atoms with van der Waals surface area (Å²) < 4.78 is 45.7. The van der Waals surface area contributed by atoms with Gasteiger partial charge in [-0.05, 0) is 41.1 Å². The Morgan fingerprint density at radius 2 is 1.88 bits per heavy atom. The highest BCUT2D eigenvalue weighted by Gasteiger charge is 2.30. The van der Waals surface area contributed by atoms with Crippen molar-refractivity contribution < 1.29 is 27.8 Å². The van der Waals surface area contributed by atoms with Crippen LogP contribution in [0.1, 0.15) is 41.5 Å². The summed E-state index contributed by atoms with van der Waals surface area (Å²) >= 11 is 2.86. The van der Waals surface area contributed by atoms with Gasteiger partial charge in [0.2, 0.25) is 0 Å². The van der Waals surface area contributed by atoms with E-state index in [0.29, 0.717) is 21.9 Å². The van der Waals surface area contributed by atoms with Crippen LogP contribution in [-0.2, 0) is 24.0 Å². The number of rotatable bonds is 7. The van der Waals surface area contributed by atoms with Gasteiger partial charge in [0.1, 0.15) is 17.4 Å². The topological polar surface area (TPSA) is 59.4 Å². The van der Waals surface area contributed by atoms with Crippen molar-refractivity contribution >= 4 is 38.7 Å². The van der Waals surface area contributed by atoms with E-state index < -0.39 is 17.7 Å². The number of thiazole rings is 1. The maximum atomic E-state index is 12.9. The van der Waals surface area contributed by atoms with Crippen molar-refractivity contribution in [3.63, 3.8) is 0 Å². The summed E-state index contributed by atoms with van der Waals surface area (Å²) in [5, 5.41) is 12.5. The average Bonchev–Trinajstić information content (AvgIpc) is 3.36. The molecule has 0 aliphatic carbocycles. The van der Waals surface area contributed by atoms with Gasteiger partial charge in [-0.3, -0.25) is 4.79 Å². The lowest BCUT2D eigenvalue weighted by molar-refractivity contribution is -0.138. The number of aromatic nitrogens is 1. The largest absolute Gasteiger partial charge is 0.487 e. The number of fused-ring (bicyclic) bond motifs is 1. The number of hydrogen-bond donors (Lipinski definition) is 1. The highest BCUT2D eigenvalue weighted by atomic mass is 32.1. The van der Waals surface area contributed by atoms with E-state index in [1.165, 1.54) is 34.8 Å². The predicted molar refractivity (Wildman–Crippen MR) is 124 cm³/mol. The Labute approximate surface area is 196 Å². The van der Waals surface area contributed by atoms with Gasteiger partial charge >= 0.3 is 12.1 Å². The highest BCUT2D eigenvalue weighted by molar-refractivity contribution is 7.17.